The Morgan fingerprint density at radius 3 is 2.58 bits per heavy atom. The minimum Gasteiger partial charge on any atom is -0.348 e. The van der Waals surface area contributed by atoms with Gasteiger partial charge in [0.1, 0.15) is 17.8 Å². The van der Waals surface area contributed by atoms with Crippen LogP contribution >= 0.6 is 0 Å². The Morgan fingerprint density at radius 2 is 1.96 bits per heavy atom. The van der Waals surface area contributed by atoms with Crippen molar-refractivity contribution in [1.29, 1.82) is 0 Å². The highest BCUT2D eigenvalue weighted by molar-refractivity contribution is 5.93. The number of amides is 1. The van der Waals surface area contributed by atoms with Crippen LogP contribution in [0.4, 0.5) is 13.2 Å². The molecule has 0 aromatic carbocycles. The third kappa shape index (κ3) is 3.74. The third-order valence-corrected chi connectivity index (χ3v) is 4.08. The topological polar surface area (TPSA) is 59.8 Å². The van der Waals surface area contributed by atoms with E-state index in [4.69, 9.17) is 0 Å². The van der Waals surface area contributed by atoms with Crippen molar-refractivity contribution in [3.8, 4) is 5.82 Å². The predicted molar refractivity (Wildman–Crippen MR) is 80.7 cm³/mol. The first kappa shape index (κ1) is 16.5. The second-order valence-electron chi connectivity index (χ2n) is 5.88. The fourth-order valence-corrected chi connectivity index (χ4v) is 2.83. The molecule has 0 unspecified atom stereocenters. The summed E-state index contributed by atoms with van der Waals surface area (Å²) in [5, 5.41) is 2.79. The van der Waals surface area contributed by atoms with Gasteiger partial charge in [0.2, 0.25) is 0 Å². The van der Waals surface area contributed by atoms with Crippen molar-refractivity contribution < 1.29 is 18.0 Å². The van der Waals surface area contributed by atoms with E-state index in [9.17, 15) is 18.0 Å². The smallest absolute Gasteiger partial charge is 0.348 e. The molecule has 0 bridgehead atoms. The normalized spacial score (nSPS) is 16.1. The zero-order chi connectivity index (χ0) is 17.2. The molecule has 1 aliphatic carbocycles. The molecule has 24 heavy (non-hydrogen) atoms. The number of carbonyl (C=O) groups is 1. The molecule has 1 saturated carbocycles. The lowest BCUT2D eigenvalue weighted by atomic mass is 9.95. The summed E-state index contributed by atoms with van der Waals surface area (Å²) >= 11 is 0. The van der Waals surface area contributed by atoms with E-state index >= 15 is 0 Å². The minimum absolute atomic E-state index is 0.000659. The van der Waals surface area contributed by atoms with Crippen LogP contribution in [0, 0.1) is 0 Å². The minimum atomic E-state index is -4.56. The summed E-state index contributed by atoms with van der Waals surface area (Å²) in [6.45, 7) is 0. The molecule has 3 rings (SSSR count). The van der Waals surface area contributed by atoms with Crippen LogP contribution in [0.25, 0.3) is 5.82 Å². The van der Waals surface area contributed by atoms with Gasteiger partial charge in [-0.3, -0.25) is 9.36 Å². The second-order valence-corrected chi connectivity index (χ2v) is 5.88. The summed E-state index contributed by atoms with van der Waals surface area (Å²) in [4.78, 5) is 20.2. The van der Waals surface area contributed by atoms with Gasteiger partial charge in [0.15, 0.2) is 0 Å². The molecule has 8 heteroatoms. The second kappa shape index (κ2) is 6.62. The van der Waals surface area contributed by atoms with Gasteiger partial charge in [0.25, 0.3) is 5.91 Å². The number of imidazole rings is 1. The van der Waals surface area contributed by atoms with Crippen LogP contribution in [0.15, 0.2) is 30.9 Å². The van der Waals surface area contributed by atoms with Crippen molar-refractivity contribution in [2.24, 2.45) is 0 Å². The first-order chi connectivity index (χ1) is 11.4. The SMILES string of the molecule is O=C(NC1CCCCC1)c1cc(C(F)(F)F)cc(-n2ccnc2)n1. The molecular formula is C16H17F3N4O. The van der Waals surface area contributed by atoms with Crippen LogP contribution in [0.5, 0.6) is 0 Å². The Morgan fingerprint density at radius 1 is 1.21 bits per heavy atom. The number of alkyl halides is 3. The first-order valence-corrected chi connectivity index (χ1v) is 7.82. The molecular weight excluding hydrogens is 321 g/mol. The number of nitrogens with zero attached hydrogens (tertiary/aromatic N) is 3. The summed E-state index contributed by atoms with van der Waals surface area (Å²) < 4.78 is 40.7. The van der Waals surface area contributed by atoms with Crippen LogP contribution in [-0.2, 0) is 6.18 Å². The average Bonchev–Trinajstić information content (AvgIpc) is 3.09. The fourth-order valence-electron chi connectivity index (χ4n) is 2.83. The van der Waals surface area contributed by atoms with Crippen molar-refractivity contribution >= 4 is 5.91 Å². The number of nitrogens with one attached hydrogen (secondary N) is 1. The van der Waals surface area contributed by atoms with Gasteiger partial charge in [-0.05, 0) is 25.0 Å². The van der Waals surface area contributed by atoms with E-state index in [1.54, 1.807) is 0 Å². The zero-order valence-corrected chi connectivity index (χ0v) is 12.9. The average molecular weight is 338 g/mol. The van der Waals surface area contributed by atoms with Crippen molar-refractivity contribution in [2.75, 3.05) is 0 Å². The van der Waals surface area contributed by atoms with Gasteiger partial charge in [0, 0.05) is 18.4 Å². The number of aromatic nitrogens is 3. The molecule has 2 heterocycles. The van der Waals surface area contributed by atoms with E-state index in [0.717, 1.165) is 44.2 Å². The van der Waals surface area contributed by atoms with E-state index in [0.29, 0.717) is 0 Å². The van der Waals surface area contributed by atoms with Gasteiger partial charge in [-0.25, -0.2) is 9.97 Å². The zero-order valence-electron chi connectivity index (χ0n) is 12.9. The maximum absolute atomic E-state index is 13.1. The molecule has 0 atom stereocenters. The molecule has 1 amide bonds. The summed E-state index contributed by atoms with van der Waals surface area (Å²) in [5.74, 6) is -0.564. The van der Waals surface area contributed by atoms with Crippen molar-refractivity contribution in [3.05, 3.63) is 42.1 Å². The molecule has 128 valence electrons. The molecule has 5 nitrogen and oxygen atoms in total. The predicted octanol–water partition coefficient (Wildman–Crippen LogP) is 3.35. The van der Waals surface area contributed by atoms with Crippen LogP contribution in [0.3, 0.4) is 0 Å². The van der Waals surface area contributed by atoms with Gasteiger partial charge in [0.05, 0.1) is 5.56 Å². The van der Waals surface area contributed by atoms with Gasteiger partial charge in [-0.15, -0.1) is 0 Å². The molecule has 1 aliphatic rings. The molecule has 2 aromatic rings. The first-order valence-electron chi connectivity index (χ1n) is 7.82. The van der Waals surface area contributed by atoms with Crippen molar-refractivity contribution in [1.82, 2.24) is 19.9 Å². The maximum Gasteiger partial charge on any atom is 0.416 e. The highest BCUT2D eigenvalue weighted by Gasteiger charge is 2.32. The van der Waals surface area contributed by atoms with E-state index in [2.05, 4.69) is 15.3 Å². The number of carbonyl (C=O) groups excluding carboxylic acids is 1. The Bertz CT molecular complexity index is 707. The molecule has 0 spiro atoms. The van der Waals surface area contributed by atoms with Gasteiger partial charge >= 0.3 is 6.18 Å². The molecule has 0 saturated heterocycles. The van der Waals surface area contributed by atoms with Crippen molar-refractivity contribution in [3.63, 3.8) is 0 Å². The summed E-state index contributed by atoms with van der Waals surface area (Å²) in [5.41, 5.74) is -1.14. The van der Waals surface area contributed by atoms with Crippen LogP contribution in [-0.4, -0.2) is 26.5 Å². The Labute approximate surface area is 136 Å². The lowest BCUT2D eigenvalue weighted by Gasteiger charge is -2.22. The third-order valence-electron chi connectivity index (χ3n) is 4.08. The van der Waals surface area contributed by atoms with Crippen LogP contribution in [0.1, 0.15) is 48.2 Å². The van der Waals surface area contributed by atoms with E-state index < -0.39 is 17.6 Å². The molecule has 2 aromatic heterocycles. The monoisotopic (exact) mass is 338 g/mol. The standard InChI is InChI=1S/C16H17F3N4O/c17-16(18,19)11-8-13(15(24)21-12-4-2-1-3-5-12)22-14(9-11)23-7-6-20-10-23/h6-10,12H,1-5H2,(H,21,24). The maximum atomic E-state index is 13.1. The van der Waals surface area contributed by atoms with Crippen molar-refractivity contribution in [2.45, 2.75) is 44.3 Å². The Hall–Kier alpha value is -2.38. The summed E-state index contributed by atoms with van der Waals surface area (Å²) in [7, 11) is 0. The molecule has 0 aliphatic heterocycles. The highest BCUT2D eigenvalue weighted by Crippen LogP contribution is 2.30. The summed E-state index contributed by atoms with van der Waals surface area (Å²) in [6.07, 6.45) is 4.54. The summed E-state index contributed by atoms with van der Waals surface area (Å²) in [6, 6.07) is 1.69. The van der Waals surface area contributed by atoms with Gasteiger partial charge in [-0.1, -0.05) is 19.3 Å². The largest absolute Gasteiger partial charge is 0.416 e. The van der Waals surface area contributed by atoms with E-state index in [1.165, 1.54) is 23.3 Å². The van der Waals surface area contributed by atoms with E-state index in [1.807, 2.05) is 0 Å². The molecule has 1 N–H and O–H groups in total. The van der Waals surface area contributed by atoms with E-state index in [-0.39, 0.29) is 17.6 Å². The highest BCUT2D eigenvalue weighted by atomic mass is 19.4. The lowest BCUT2D eigenvalue weighted by molar-refractivity contribution is -0.137. The lowest BCUT2D eigenvalue weighted by Crippen LogP contribution is -2.36. The fraction of sp³-hybridized carbons (Fsp3) is 0.438. The molecule has 1 fully saturated rings. The number of hydrogen-bond donors (Lipinski definition) is 1. The number of hydrogen-bond acceptors (Lipinski definition) is 3. The van der Waals surface area contributed by atoms with Crippen LogP contribution in [0.2, 0.25) is 0 Å². The number of halogens is 3. The molecule has 0 radical (unpaired) electrons. The number of pyridine rings is 1. The van der Waals surface area contributed by atoms with Crippen LogP contribution < -0.4 is 5.32 Å². The quantitative estimate of drug-likeness (QED) is 0.934. The Kier molecular flexibility index (Phi) is 4.55. The van der Waals surface area contributed by atoms with Gasteiger partial charge < -0.3 is 5.32 Å². The van der Waals surface area contributed by atoms with Gasteiger partial charge in [-0.2, -0.15) is 13.2 Å². The Balaban J connectivity index is 1.91. The number of rotatable bonds is 3.